The lowest BCUT2D eigenvalue weighted by Gasteiger charge is -2.32. The van der Waals surface area contributed by atoms with E-state index in [1.54, 1.807) is 6.26 Å². The summed E-state index contributed by atoms with van der Waals surface area (Å²) in [5, 5.41) is 12.1. The van der Waals surface area contributed by atoms with Crippen molar-refractivity contribution < 1.29 is 14.3 Å². The number of rotatable bonds is 4. The van der Waals surface area contributed by atoms with Gasteiger partial charge in [-0.05, 0) is 31.5 Å². The first-order valence-electron chi connectivity index (χ1n) is 6.69. The number of nitrogens with zero attached hydrogens (tertiary/aromatic N) is 2. The maximum absolute atomic E-state index is 11.3. The van der Waals surface area contributed by atoms with Crippen LogP contribution in [0.4, 0.5) is 0 Å². The van der Waals surface area contributed by atoms with Crippen LogP contribution in [-0.2, 0) is 11.3 Å². The number of aromatic nitrogens is 1. The molecule has 3 rings (SSSR count). The molecule has 0 radical (unpaired) electrons. The zero-order chi connectivity index (χ0) is 13.9. The van der Waals surface area contributed by atoms with Crippen molar-refractivity contribution in [2.45, 2.75) is 31.8 Å². The van der Waals surface area contributed by atoms with E-state index in [2.05, 4.69) is 4.98 Å². The van der Waals surface area contributed by atoms with Crippen molar-refractivity contribution in [3.8, 4) is 10.8 Å². The molecule has 106 valence electrons. The Kier molecular flexibility index (Phi) is 3.84. The van der Waals surface area contributed by atoms with Crippen LogP contribution in [0.25, 0.3) is 10.8 Å². The molecule has 0 bridgehead atoms. The SMILES string of the molecule is O=C(O)C1CCCCN1Cc1csc(-c2ccco2)n1. The van der Waals surface area contributed by atoms with Crippen LogP contribution in [0.2, 0.25) is 0 Å². The predicted molar refractivity (Wildman–Crippen MR) is 75.5 cm³/mol. The van der Waals surface area contributed by atoms with Crippen LogP contribution in [-0.4, -0.2) is 33.5 Å². The molecule has 3 heterocycles. The van der Waals surface area contributed by atoms with Crippen molar-refractivity contribution in [2.24, 2.45) is 0 Å². The fraction of sp³-hybridized carbons (Fsp3) is 0.429. The topological polar surface area (TPSA) is 66.6 Å². The summed E-state index contributed by atoms with van der Waals surface area (Å²) in [5.41, 5.74) is 0.912. The monoisotopic (exact) mass is 292 g/mol. The Hall–Kier alpha value is -1.66. The Balaban J connectivity index is 1.72. The zero-order valence-electron chi connectivity index (χ0n) is 11.0. The van der Waals surface area contributed by atoms with Crippen molar-refractivity contribution >= 4 is 17.3 Å². The maximum Gasteiger partial charge on any atom is 0.320 e. The summed E-state index contributed by atoms with van der Waals surface area (Å²) in [6.45, 7) is 1.42. The second kappa shape index (κ2) is 5.76. The molecule has 0 amide bonds. The average molecular weight is 292 g/mol. The molecule has 1 fully saturated rings. The highest BCUT2D eigenvalue weighted by Crippen LogP contribution is 2.26. The summed E-state index contributed by atoms with van der Waals surface area (Å²) in [4.78, 5) is 17.8. The number of hydrogen-bond donors (Lipinski definition) is 1. The highest BCUT2D eigenvalue weighted by molar-refractivity contribution is 7.13. The zero-order valence-corrected chi connectivity index (χ0v) is 11.8. The van der Waals surface area contributed by atoms with Gasteiger partial charge in [-0.2, -0.15) is 0 Å². The number of furan rings is 1. The maximum atomic E-state index is 11.3. The number of carbonyl (C=O) groups is 1. The molecule has 0 saturated carbocycles. The molecule has 0 aromatic carbocycles. The smallest absolute Gasteiger partial charge is 0.320 e. The van der Waals surface area contributed by atoms with Crippen molar-refractivity contribution in [1.82, 2.24) is 9.88 Å². The molecule has 1 atom stereocenters. The molecule has 1 saturated heterocycles. The molecule has 6 heteroatoms. The third-order valence-electron chi connectivity index (χ3n) is 3.55. The Morgan fingerprint density at radius 1 is 1.55 bits per heavy atom. The first-order chi connectivity index (χ1) is 9.74. The predicted octanol–water partition coefficient (Wildman–Crippen LogP) is 2.84. The average Bonchev–Trinajstić information content (AvgIpc) is 3.09. The van der Waals surface area contributed by atoms with Gasteiger partial charge in [0.1, 0.15) is 6.04 Å². The van der Waals surface area contributed by atoms with Gasteiger partial charge in [0.2, 0.25) is 0 Å². The van der Waals surface area contributed by atoms with Crippen LogP contribution in [0.5, 0.6) is 0 Å². The summed E-state index contributed by atoms with van der Waals surface area (Å²) in [5.74, 6) is 0.0286. The Morgan fingerprint density at radius 3 is 3.20 bits per heavy atom. The number of piperidine rings is 1. The van der Waals surface area contributed by atoms with Gasteiger partial charge in [0.25, 0.3) is 0 Å². The molecule has 1 N–H and O–H groups in total. The van der Waals surface area contributed by atoms with E-state index in [9.17, 15) is 9.90 Å². The fourth-order valence-electron chi connectivity index (χ4n) is 2.56. The highest BCUT2D eigenvalue weighted by Gasteiger charge is 2.28. The van der Waals surface area contributed by atoms with Crippen LogP contribution in [0, 0.1) is 0 Å². The largest absolute Gasteiger partial charge is 0.480 e. The molecule has 1 unspecified atom stereocenters. The van der Waals surface area contributed by atoms with E-state index in [0.717, 1.165) is 42.3 Å². The van der Waals surface area contributed by atoms with Crippen molar-refractivity contribution in [2.75, 3.05) is 6.54 Å². The normalized spacial score (nSPS) is 20.1. The standard InChI is InChI=1S/C14H16N2O3S/c17-14(18)11-4-1-2-6-16(11)8-10-9-20-13(15-10)12-5-3-7-19-12/h3,5,7,9,11H,1-2,4,6,8H2,(H,17,18). The van der Waals surface area contributed by atoms with Crippen LogP contribution >= 0.6 is 11.3 Å². The molecular weight excluding hydrogens is 276 g/mol. The first kappa shape index (κ1) is 13.3. The highest BCUT2D eigenvalue weighted by atomic mass is 32.1. The van der Waals surface area contributed by atoms with E-state index in [-0.39, 0.29) is 6.04 Å². The summed E-state index contributed by atoms with van der Waals surface area (Å²) in [6, 6.07) is 3.34. The summed E-state index contributed by atoms with van der Waals surface area (Å²) in [7, 11) is 0. The number of thiazole rings is 1. The Bertz CT molecular complexity index is 579. The van der Waals surface area contributed by atoms with E-state index in [4.69, 9.17) is 4.42 Å². The minimum absolute atomic E-state index is 0.377. The quantitative estimate of drug-likeness (QED) is 0.938. The lowest BCUT2D eigenvalue weighted by molar-refractivity contribution is -0.144. The van der Waals surface area contributed by atoms with Crippen molar-refractivity contribution in [1.29, 1.82) is 0 Å². The Labute approximate surface area is 120 Å². The van der Waals surface area contributed by atoms with E-state index < -0.39 is 5.97 Å². The summed E-state index contributed by atoms with van der Waals surface area (Å²) < 4.78 is 5.32. The molecule has 0 spiro atoms. The van der Waals surface area contributed by atoms with Crippen molar-refractivity contribution in [3.05, 3.63) is 29.5 Å². The van der Waals surface area contributed by atoms with E-state index in [1.807, 2.05) is 22.4 Å². The van der Waals surface area contributed by atoms with E-state index in [1.165, 1.54) is 11.3 Å². The molecule has 5 nitrogen and oxygen atoms in total. The minimum Gasteiger partial charge on any atom is -0.480 e. The van der Waals surface area contributed by atoms with Gasteiger partial charge in [0, 0.05) is 11.9 Å². The van der Waals surface area contributed by atoms with Gasteiger partial charge in [-0.25, -0.2) is 4.98 Å². The number of aliphatic carboxylic acids is 1. The van der Waals surface area contributed by atoms with Gasteiger partial charge in [0.15, 0.2) is 10.8 Å². The number of likely N-dealkylation sites (tertiary alicyclic amines) is 1. The van der Waals surface area contributed by atoms with Gasteiger partial charge in [-0.1, -0.05) is 6.42 Å². The fourth-order valence-corrected chi connectivity index (χ4v) is 3.34. The van der Waals surface area contributed by atoms with Gasteiger partial charge in [0.05, 0.1) is 12.0 Å². The number of carboxylic acid groups (broad SMARTS) is 1. The van der Waals surface area contributed by atoms with Crippen LogP contribution in [0.1, 0.15) is 25.0 Å². The molecular formula is C14H16N2O3S. The summed E-state index contributed by atoms with van der Waals surface area (Å²) >= 11 is 1.53. The van der Waals surface area contributed by atoms with Crippen LogP contribution < -0.4 is 0 Å². The van der Waals surface area contributed by atoms with Gasteiger partial charge >= 0.3 is 5.97 Å². The second-order valence-corrected chi connectivity index (χ2v) is 5.80. The number of hydrogen-bond acceptors (Lipinski definition) is 5. The van der Waals surface area contributed by atoms with Gasteiger partial charge in [-0.3, -0.25) is 9.69 Å². The molecule has 1 aliphatic heterocycles. The molecule has 2 aromatic heterocycles. The third-order valence-corrected chi connectivity index (χ3v) is 4.45. The Morgan fingerprint density at radius 2 is 2.45 bits per heavy atom. The number of carboxylic acids is 1. The lowest BCUT2D eigenvalue weighted by atomic mass is 10.0. The summed E-state index contributed by atoms with van der Waals surface area (Å²) in [6.07, 6.45) is 4.40. The van der Waals surface area contributed by atoms with Crippen LogP contribution in [0.15, 0.2) is 28.2 Å². The molecule has 0 aliphatic carbocycles. The van der Waals surface area contributed by atoms with Crippen LogP contribution in [0.3, 0.4) is 0 Å². The van der Waals surface area contributed by atoms with E-state index in [0.29, 0.717) is 6.54 Å². The molecule has 2 aromatic rings. The van der Waals surface area contributed by atoms with Crippen molar-refractivity contribution in [3.63, 3.8) is 0 Å². The van der Waals surface area contributed by atoms with Gasteiger partial charge in [-0.15, -0.1) is 11.3 Å². The minimum atomic E-state index is -0.730. The lowest BCUT2D eigenvalue weighted by Crippen LogP contribution is -2.44. The van der Waals surface area contributed by atoms with Gasteiger partial charge < -0.3 is 9.52 Å². The molecule has 20 heavy (non-hydrogen) atoms. The van der Waals surface area contributed by atoms with E-state index >= 15 is 0 Å². The second-order valence-electron chi connectivity index (χ2n) is 4.94. The molecule has 1 aliphatic rings. The first-order valence-corrected chi connectivity index (χ1v) is 7.57. The third kappa shape index (κ3) is 2.76.